The number of benzene rings is 1. The van der Waals surface area contributed by atoms with E-state index in [1.54, 1.807) is 39.0 Å². The Hall–Kier alpha value is -2.71. The molecule has 1 N–H and O–H groups in total. The van der Waals surface area contributed by atoms with Gasteiger partial charge in [-0.1, -0.05) is 6.07 Å². The fourth-order valence-corrected chi connectivity index (χ4v) is 2.62. The average Bonchev–Trinajstić information content (AvgIpc) is 3.17. The van der Waals surface area contributed by atoms with Crippen molar-refractivity contribution in [2.75, 3.05) is 6.79 Å². The molecule has 0 bridgehead atoms. The van der Waals surface area contributed by atoms with E-state index in [9.17, 15) is 18.0 Å². The summed E-state index contributed by atoms with van der Waals surface area (Å²) in [5, 5.41) is 6.27. The van der Waals surface area contributed by atoms with Gasteiger partial charge in [0.15, 0.2) is 17.2 Å². The van der Waals surface area contributed by atoms with Crippen LogP contribution in [0.15, 0.2) is 24.4 Å². The molecule has 1 amide bonds. The van der Waals surface area contributed by atoms with E-state index in [-0.39, 0.29) is 13.3 Å². The van der Waals surface area contributed by atoms with E-state index >= 15 is 0 Å². The van der Waals surface area contributed by atoms with Crippen molar-refractivity contribution in [1.82, 2.24) is 15.1 Å². The first-order valence-corrected chi connectivity index (χ1v) is 7.90. The van der Waals surface area contributed by atoms with Gasteiger partial charge in [0.05, 0.1) is 17.3 Å². The highest BCUT2D eigenvalue weighted by molar-refractivity contribution is 5.95. The fraction of sp³-hybridized carbons (Fsp3) is 0.412. The van der Waals surface area contributed by atoms with E-state index in [2.05, 4.69) is 10.4 Å². The first kappa shape index (κ1) is 18.1. The molecule has 0 unspecified atom stereocenters. The van der Waals surface area contributed by atoms with E-state index in [1.165, 1.54) is 0 Å². The van der Waals surface area contributed by atoms with Crippen LogP contribution in [0.3, 0.4) is 0 Å². The molecule has 0 saturated heterocycles. The van der Waals surface area contributed by atoms with Gasteiger partial charge < -0.3 is 14.8 Å². The summed E-state index contributed by atoms with van der Waals surface area (Å²) in [6.45, 7) is 4.93. The van der Waals surface area contributed by atoms with Crippen molar-refractivity contribution in [1.29, 1.82) is 0 Å². The number of hydrogen-bond donors (Lipinski definition) is 1. The largest absolute Gasteiger partial charge is 0.454 e. The zero-order valence-corrected chi connectivity index (χ0v) is 14.5. The summed E-state index contributed by atoms with van der Waals surface area (Å²) in [6.07, 6.45) is -3.75. The summed E-state index contributed by atoms with van der Waals surface area (Å²) in [4.78, 5) is 12.3. The van der Waals surface area contributed by atoms with Crippen LogP contribution in [-0.4, -0.2) is 22.5 Å². The summed E-state index contributed by atoms with van der Waals surface area (Å²) in [7, 11) is 0. The van der Waals surface area contributed by atoms with E-state index < -0.39 is 28.9 Å². The van der Waals surface area contributed by atoms with Gasteiger partial charge in [-0.3, -0.25) is 9.48 Å². The zero-order chi connectivity index (χ0) is 19.1. The van der Waals surface area contributed by atoms with Gasteiger partial charge in [0.1, 0.15) is 0 Å². The lowest BCUT2D eigenvalue weighted by molar-refractivity contribution is -0.146. The second-order valence-electron chi connectivity index (χ2n) is 6.86. The lowest BCUT2D eigenvalue weighted by Gasteiger charge is -2.23. The number of carbonyl (C=O) groups excluding carboxylic acids is 1. The van der Waals surface area contributed by atoms with E-state index in [4.69, 9.17) is 9.47 Å². The van der Waals surface area contributed by atoms with Crippen molar-refractivity contribution in [2.24, 2.45) is 0 Å². The molecule has 2 heterocycles. The van der Waals surface area contributed by atoms with Gasteiger partial charge in [-0.05, 0) is 38.5 Å². The molecule has 6 nitrogen and oxygen atoms in total. The quantitative estimate of drug-likeness (QED) is 0.902. The second-order valence-corrected chi connectivity index (χ2v) is 6.86. The minimum atomic E-state index is -4.70. The molecule has 0 spiro atoms. The number of amides is 1. The normalized spacial score (nSPS) is 13.8. The van der Waals surface area contributed by atoms with Gasteiger partial charge in [-0.15, -0.1) is 0 Å². The van der Waals surface area contributed by atoms with E-state index in [0.29, 0.717) is 17.1 Å². The molecule has 1 aromatic heterocycles. The molecule has 0 saturated carbocycles. The second kappa shape index (κ2) is 6.22. The molecule has 0 atom stereocenters. The third kappa shape index (κ3) is 3.47. The smallest absolute Gasteiger partial charge is 0.433 e. The SMILES string of the molecule is CC(C)(C)n1ncc(C(=O)NCc2ccc3c(c2)OCO3)c1C(F)(F)F. The van der Waals surface area contributed by atoms with Crippen molar-refractivity contribution < 1.29 is 27.4 Å². The number of hydrogen-bond acceptors (Lipinski definition) is 4. The van der Waals surface area contributed by atoms with Crippen LogP contribution in [0.25, 0.3) is 0 Å². The monoisotopic (exact) mass is 369 g/mol. The van der Waals surface area contributed by atoms with Crippen LogP contribution in [0.1, 0.15) is 42.4 Å². The Morgan fingerprint density at radius 2 is 1.92 bits per heavy atom. The molecule has 1 aliphatic heterocycles. The number of aromatic nitrogens is 2. The third-order valence-corrected chi connectivity index (χ3v) is 3.81. The van der Waals surface area contributed by atoms with E-state index in [1.807, 2.05) is 0 Å². The average molecular weight is 369 g/mol. The van der Waals surface area contributed by atoms with Gasteiger partial charge in [-0.25, -0.2) is 0 Å². The maximum atomic E-state index is 13.5. The Kier molecular flexibility index (Phi) is 4.33. The van der Waals surface area contributed by atoms with Crippen LogP contribution in [-0.2, 0) is 18.3 Å². The number of carbonyl (C=O) groups is 1. The number of nitrogens with zero attached hydrogens (tertiary/aromatic N) is 2. The molecular formula is C17H18F3N3O3. The summed E-state index contributed by atoms with van der Waals surface area (Å²) >= 11 is 0. The number of nitrogens with one attached hydrogen (secondary N) is 1. The summed E-state index contributed by atoms with van der Waals surface area (Å²) in [5.74, 6) is 0.282. The number of fused-ring (bicyclic) bond motifs is 1. The van der Waals surface area contributed by atoms with Crippen molar-refractivity contribution in [2.45, 2.75) is 39.0 Å². The fourth-order valence-electron chi connectivity index (χ4n) is 2.62. The molecule has 0 fully saturated rings. The lowest BCUT2D eigenvalue weighted by Crippen LogP contribution is -2.31. The van der Waals surface area contributed by atoms with Crippen LogP contribution in [0.4, 0.5) is 13.2 Å². The molecular weight excluding hydrogens is 351 g/mol. The van der Waals surface area contributed by atoms with Crippen LogP contribution in [0.2, 0.25) is 0 Å². The minimum Gasteiger partial charge on any atom is -0.454 e. The van der Waals surface area contributed by atoms with Gasteiger partial charge >= 0.3 is 6.18 Å². The Labute approximate surface area is 147 Å². The van der Waals surface area contributed by atoms with Crippen LogP contribution in [0, 0.1) is 0 Å². The predicted octanol–water partition coefficient (Wildman–Crippen LogP) is 3.32. The number of rotatable bonds is 3. The predicted molar refractivity (Wildman–Crippen MR) is 86.0 cm³/mol. The van der Waals surface area contributed by atoms with Crippen molar-refractivity contribution in [3.63, 3.8) is 0 Å². The topological polar surface area (TPSA) is 65.4 Å². The Balaban J connectivity index is 1.81. The van der Waals surface area contributed by atoms with Crippen LogP contribution >= 0.6 is 0 Å². The zero-order valence-electron chi connectivity index (χ0n) is 14.5. The first-order chi connectivity index (χ1) is 12.1. The highest BCUT2D eigenvalue weighted by Gasteiger charge is 2.42. The van der Waals surface area contributed by atoms with Crippen LogP contribution < -0.4 is 14.8 Å². The maximum absolute atomic E-state index is 13.5. The third-order valence-electron chi connectivity index (χ3n) is 3.81. The van der Waals surface area contributed by atoms with E-state index in [0.717, 1.165) is 10.9 Å². The Bertz CT molecular complexity index is 838. The maximum Gasteiger partial charge on any atom is 0.433 e. The van der Waals surface area contributed by atoms with Gasteiger partial charge in [0.25, 0.3) is 5.91 Å². The molecule has 1 aliphatic rings. The molecule has 2 aromatic rings. The molecule has 0 radical (unpaired) electrons. The number of alkyl halides is 3. The molecule has 140 valence electrons. The first-order valence-electron chi connectivity index (χ1n) is 7.90. The molecule has 0 aliphatic carbocycles. The summed E-state index contributed by atoms with van der Waals surface area (Å²) in [5.41, 5.74) is -1.80. The molecule has 26 heavy (non-hydrogen) atoms. The standard InChI is InChI=1S/C17H18F3N3O3/c1-16(2,3)23-14(17(18,19)20)11(8-22-23)15(24)21-7-10-4-5-12-13(6-10)26-9-25-12/h4-6,8H,7,9H2,1-3H3,(H,21,24). The van der Waals surface area contributed by atoms with Gasteiger partial charge in [0, 0.05) is 6.54 Å². The Morgan fingerprint density at radius 1 is 1.23 bits per heavy atom. The highest BCUT2D eigenvalue weighted by Crippen LogP contribution is 2.35. The number of ether oxygens (including phenoxy) is 2. The number of halogens is 3. The van der Waals surface area contributed by atoms with Crippen molar-refractivity contribution in [3.8, 4) is 11.5 Å². The Morgan fingerprint density at radius 3 is 2.58 bits per heavy atom. The van der Waals surface area contributed by atoms with Gasteiger partial charge in [0.2, 0.25) is 6.79 Å². The summed E-state index contributed by atoms with van der Waals surface area (Å²) < 4.78 is 51.7. The molecule has 3 rings (SSSR count). The lowest BCUT2D eigenvalue weighted by atomic mass is 10.1. The summed E-state index contributed by atoms with van der Waals surface area (Å²) in [6, 6.07) is 5.06. The van der Waals surface area contributed by atoms with Gasteiger partial charge in [-0.2, -0.15) is 18.3 Å². The van der Waals surface area contributed by atoms with Crippen molar-refractivity contribution in [3.05, 3.63) is 41.2 Å². The highest BCUT2D eigenvalue weighted by atomic mass is 19.4. The molecule has 1 aromatic carbocycles. The van der Waals surface area contributed by atoms with Crippen molar-refractivity contribution >= 4 is 5.91 Å². The van der Waals surface area contributed by atoms with Crippen LogP contribution in [0.5, 0.6) is 11.5 Å². The minimum absolute atomic E-state index is 0.0491. The molecule has 9 heteroatoms.